The fraction of sp³-hybridized carbons (Fsp3) is 0.227. The lowest BCUT2D eigenvalue weighted by Crippen LogP contribution is -2.12. The van der Waals surface area contributed by atoms with Gasteiger partial charge in [-0.2, -0.15) is 0 Å². The molecule has 0 saturated carbocycles. The zero-order valence-corrected chi connectivity index (χ0v) is 16.2. The van der Waals surface area contributed by atoms with Crippen LogP contribution in [-0.2, 0) is 6.61 Å². The van der Waals surface area contributed by atoms with E-state index in [9.17, 15) is 9.18 Å². The van der Waals surface area contributed by atoms with Gasteiger partial charge in [-0.3, -0.25) is 4.79 Å². The number of carbonyl (C=O) groups excluding carboxylic acids is 1. The predicted octanol–water partition coefficient (Wildman–Crippen LogP) is 5.05. The van der Waals surface area contributed by atoms with Crippen LogP contribution in [-0.4, -0.2) is 19.1 Å². The molecule has 1 N–H and O–H groups in total. The van der Waals surface area contributed by atoms with Crippen LogP contribution >= 0.6 is 0 Å². The summed E-state index contributed by atoms with van der Waals surface area (Å²) in [6.07, 6.45) is 0. The topological polar surface area (TPSA) is 69.9 Å². The number of benzene rings is 2. The first-order valence-electron chi connectivity index (χ1n) is 9.27. The molecule has 3 rings (SSSR count). The highest BCUT2D eigenvalue weighted by atomic mass is 19.1. The predicted molar refractivity (Wildman–Crippen MR) is 106 cm³/mol. The lowest BCUT2D eigenvalue weighted by molar-refractivity contribution is 0.0992. The zero-order chi connectivity index (χ0) is 20.6. The summed E-state index contributed by atoms with van der Waals surface area (Å²) < 4.78 is 35.1. The van der Waals surface area contributed by atoms with E-state index >= 15 is 0 Å². The number of ether oxygens (including phenoxy) is 3. The minimum Gasteiger partial charge on any atom is -0.494 e. The molecule has 0 aliphatic rings. The standard InChI is InChI=1S/C22H22FNO5/c1-3-26-17-9-11-20(27-4-2)19(13-17)24-22(25)21-12-10-18(29-21)14-28-16-7-5-15(23)6-8-16/h5-13H,3-4,14H2,1-2H3,(H,24,25). The third-order valence-corrected chi connectivity index (χ3v) is 3.89. The van der Waals surface area contributed by atoms with Crippen molar-refractivity contribution in [2.24, 2.45) is 0 Å². The van der Waals surface area contributed by atoms with Crippen molar-refractivity contribution < 1.29 is 27.8 Å². The molecule has 29 heavy (non-hydrogen) atoms. The quantitative estimate of drug-likeness (QED) is 0.545. The number of nitrogens with one attached hydrogen (secondary N) is 1. The Labute approximate surface area is 168 Å². The summed E-state index contributed by atoms with van der Waals surface area (Å²) in [5.74, 6) is 1.50. The van der Waals surface area contributed by atoms with Gasteiger partial charge in [0.2, 0.25) is 0 Å². The Morgan fingerprint density at radius 3 is 2.38 bits per heavy atom. The zero-order valence-electron chi connectivity index (χ0n) is 16.2. The van der Waals surface area contributed by atoms with E-state index in [2.05, 4.69) is 5.32 Å². The second-order valence-electron chi connectivity index (χ2n) is 5.99. The van der Waals surface area contributed by atoms with Crippen molar-refractivity contribution in [1.29, 1.82) is 0 Å². The summed E-state index contributed by atoms with van der Waals surface area (Å²) in [5, 5.41) is 2.78. The van der Waals surface area contributed by atoms with Gasteiger partial charge in [-0.25, -0.2) is 4.39 Å². The third-order valence-electron chi connectivity index (χ3n) is 3.89. The largest absolute Gasteiger partial charge is 0.494 e. The summed E-state index contributed by atoms with van der Waals surface area (Å²) in [6, 6.07) is 14.1. The van der Waals surface area contributed by atoms with Crippen molar-refractivity contribution in [3.05, 3.63) is 71.9 Å². The van der Waals surface area contributed by atoms with Crippen molar-refractivity contribution in [2.45, 2.75) is 20.5 Å². The molecule has 7 heteroatoms. The molecule has 0 saturated heterocycles. The monoisotopic (exact) mass is 399 g/mol. The summed E-state index contributed by atoms with van der Waals surface area (Å²) in [7, 11) is 0. The van der Waals surface area contributed by atoms with E-state index in [1.165, 1.54) is 24.3 Å². The number of furan rings is 1. The van der Waals surface area contributed by atoms with Crippen LogP contribution in [0.5, 0.6) is 17.2 Å². The molecule has 1 aromatic heterocycles. The average Bonchev–Trinajstić information content (AvgIpc) is 3.19. The van der Waals surface area contributed by atoms with Gasteiger partial charge in [-0.15, -0.1) is 0 Å². The van der Waals surface area contributed by atoms with Crippen molar-refractivity contribution in [3.8, 4) is 17.2 Å². The molecular weight excluding hydrogens is 377 g/mol. The summed E-state index contributed by atoms with van der Waals surface area (Å²) >= 11 is 0. The number of amides is 1. The average molecular weight is 399 g/mol. The Kier molecular flexibility index (Phi) is 6.73. The van der Waals surface area contributed by atoms with Gasteiger partial charge in [-0.05, 0) is 62.4 Å². The van der Waals surface area contributed by atoms with E-state index in [1.807, 2.05) is 13.8 Å². The van der Waals surface area contributed by atoms with E-state index in [4.69, 9.17) is 18.6 Å². The van der Waals surface area contributed by atoms with Gasteiger partial charge >= 0.3 is 0 Å². The Balaban J connectivity index is 1.66. The number of hydrogen-bond acceptors (Lipinski definition) is 5. The lowest BCUT2D eigenvalue weighted by Gasteiger charge is -2.13. The van der Waals surface area contributed by atoms with Crippen molar-refractivity contribution in [2.75, 3.05) is 18.5 Å². The molecular formula is C22H22FNO5. The Bertz CT molecular complexity index is 952. The molecule has 0 spiro atoms. The molecule has 0 aliphatic carbocycles. The molecule has 0 fully saturated rings. The Morgan fingerprint density at radius 2 is 1.66 bits per heavy atom. The van der Waals surface area contributed by atoms with E-state index < -0.39 is 5.91 Å². The highest BCUT2D eigenvalue weighted by molar-refractivity contribution is 6.03. The summed E-state index contributed by atoms with van der Waals surface area (Å²) in [4.78, 5) is 12.6. The minimum atomic E-state index is -0.423. The van der Waals surface area contributed by atoms with Gasteiger partial charge in [0.25, 0.3) is 5.91 Å². The number of halogens is 1. The second kappa shape index (κ2) is 9.64. The van der Waals surface area contributed by atoms with Gasteiger partial charge < -0.3 is 23.9 Å². The van der Waals surface area contributed by atoms with Gasteiger partial charge in [0.05, 0.1) is 18.9 Å². The lowest BCUT2D eigenvalue weighted by atomic mass is 10.2. The minimum absolute atomic E-state index is 0.114. The van der Waals surface area contributed by atoms with Crippen LogP contribution in [0.15, 0.2) is 59.0 Å². The van der Waals surface area contributed by atoms with Crippen LogP contribution in [0.1, 0.15) is 30.2 Å². The van der Waals surface area contributed by atoms with Crippen LogP contribution < -0.4 is 19.5 Å². The maximum atomic E-state index is 12.9. The van der Waals surface area contributed by atoms with Crippen molar-refractivity contribution in [3.63, 3.8) is 0 Å². The number of carbonyl (C=O) groups is 1. The Hall–Kier alpha value is -3.48. The summed E-state index contributed by atoms with van der Waals surface area (Å²) in [6.45, 7) is 4.83. The van der Waals surface area contributed by atoms with Crippen LogP contribution in [0.3, 0.4) is 0 Å². The van der Waals surface area contributed by atoms with Crippen molar-refractivity contribution in [1.82, 2.24) is 0 Å². The molecule has 152 valence electrons. The van der Waals surface area contributed by atoms with E-state index in [1.54, 1.807) is 30.3 Å². The van der Waals surface area contributed by atoms with Gasteiger partial charge in [0.1, 0.15) is 35.4 Å². The molecule has 2 aromatic carbocycles. The van der Waals surface area contributed by atoms with E-state index in [0.29, 0.717) is 41.9 Å². The molecule has 1 amide bonds. The fourth-order valence-electron chi connectivity index (χ4n) is 2.59. The first-order valence-corrected chi connectivity index (χ1v) is 9.27. The van der Waals surface area contributed by atoms with Gasteiger partial charge in [0.15, 0.2) is 5.76 Å². The van der Waals surface area contributed by atoms with Gasteiger partial charge in [0, 0.05) is 6.07 Å². The smallest absolute Gasteiger partial charge is 0.291 e. The van der Waals surface area contributed by atoms with E-state index in [-0.39, 0.29) is 18.2 Å². The first-order chi connectivity index (χ1) is 14.1. The first kappa shape index (κ1) is 20.3. The van der Waals surface area contributed by atoms with Crippen LogP contribution in [0.2, 0.25) is 0 Å². The third kappa shape index (κ3) is 5.51. The van der Waals surface area contributed by atoms with E-state index in [0.717, 1.165) is 0 Å². The maximum absolute atomic E-state index is 12.9. The molecule has 0 radical (unpaired) electrons. The number of hydrogen-bond donors (Lipinski definition) is 1. The molecule has 6 nitrogen and oxygen atoms in total. The SMILES string of the molecule is CCOc1ccc(OCC)c(NC(=O)c2ccc(COc3ccc(F)cc3)o2)c1. The molecule has 0 aliphatic heterocycles. The highest BCUT2D eigenvalue weighted by Crippen LogP contribution is 2.30. The van der Waals surface area contributed by atoms with Gasteiger partial charge in [-0.1, -0.05) is 0 Å². The molecule has 0 atom stereocenters. The number of anilines is 1. The fourth-order valence-corrected chi connectivity index (χ4v) is 2.59. The van der Waals surface area contributed by atoms with Crippen LogP contribution in [0.4, 0.5) is 10.1 Å². The Morgan fingerprint density at radius 1 is 0.931 bits per heavy atom. The highest BCUT2D eigenvalue weighted by Gasteiger charge is 2.15. The number of rotatable bonds is 9. The summed E-state index contributed by atoms with van der Waals surface area (Å²) in [5.41, 5.74) is 0.489. The molecule has 0 unspecified atom stereocenters. The maximum Gasteiger partial charge on any atom is 0.291 e. The van der Waals surface area contributed by atoms with Crippen LogP contribution in [0, 0.1) is 5.82 Å². The molecule has 3 aromatic rings. The normalized spacial score (nSPS) is 10.4. The molecule has 1 heterocycles. The van der Waals surface area contributed by atoms with Crippen LogP contribution in [0.25, 0.3) is 0 Å². The second-order valence-corrected chi connectivity index (χ2v) is 5.99. The van der Waals surface area contributed by atoms with Crippen molar-refractivity contribution >= 4 is 11.6 Å². The molecule has 0 bridgehead atoms.